The molecule has 3 aromatic rings. The van der Waals surface area contributed by atoms with E-state index in [2.05, 4.69) is 25.8 Å². The molecule has 1 aromatic heterocycles. The van der Waals surface area contributed by atoms with Crippen molar-refractivity contribution in [2.24, 2.45) is 0 Å². The summed E-state index contributed by atoms with van der Waals surface area (Å²) < 4.78 is 56.8. The van der Waals surface area contributed by atoms with E-state index in [0.29, 0.717) is 11.3 Å². The number of aliphatic hydroxyl groups excluding tert-OH is 1. The third-order valence-corrected chi connectivity index (χ3v) is 6.28. The van der Waals surface area contributed by atoms with E-state index in [4.69, 9.17) is 0 Å². The van der Waals surface area contributed by atoms with Crippen LogP contribution in [-0.4, -0.2) is 29.2 Å². The van der Waals surface area contributed by atoms with Crippen LogP contribution >= 0.6 is 15.9 Å². The molecule has 1 heterocycles. The summed E-state index contributed by atoms with van der Waals surface area (Å²) in [6, 6.07) is 12.0. The van der Waals surface area contributed by atoms with Gasteiger partial charge in [0, 0.05) is 10.0 Å². The molecule has 0 radical (unpaired) electrons. The van der Waals surface area contributed by atoms with E-state index >= 15 is 0 Å². The van der Waals surface area contributed by atoms with Crippen molar-refractivity contribution in [2.45, 2.75) is 31.3 Å². The van der Waals surface area contributed by atoms with Gasteiger partial charge in [0.1, 0.15) is 15.7 Å². The molecule has 0 spiro atoms. The molecule has 0 bridgehead atoms. The molecule has 0 saturated carbocycles. The third-order valence-electron chi connectivity index (χ3n) is 4.35. The number of amides is 1. The second-order valence-corrected chi connectivity index (χ2v) is 8.93. The summed E-state index contributed by atoms with van der Waals surface area (Å²) in [5, 5.41) is 13.7. The minimum absolute atomic E-state index is 0. The number of carbonyl (C=O) groups excluding carboxylic acids is 1. The fraction of sp³-hybridized carbons (Fsp3) is 0.200. The molecular formula is C20H17BrF2N3NaO4S. The van der Waals surface area contributed by atoms with E-state index in [1.165, 1.54) is 29.8 Å². The van der Waals surface area contributed by atoms with Crippen molar-refractivity contribution in [2.75, 3.05) is 0 Å². The van der Waals surface area contributed by atoms with Gasteiger partial charge < -0.3 is 14.6 Å². The molecule has 3 rings (SSSR count). The number of aromatic nitrogens is 2. The number of aliphatic hydroxyl groups is 1. The van der Waals surface area contributed by atoms with Gasteiger partial charge in [0.15, 0.2) is 0 Å². The van der Waals surface area contributed by atoms with E-state index in [1.54, 1.807) is 24.3 Å². The van der Waals surface area contributed by atoms with Crippen LogP contribution in [0, 0.1) is 0 Å². The Kier molecular flexibility index (Phi) is 9.15. The SMILES string of the molecule is CCC(=O)[N-]S(=O)(=O)c1ccc(-n2nc(C(F)F)cc2-c2ccc(Br)cc2)cc1CO.[Na+]. The number of halogens is 3. The van der Waals surface area contributed by atoms with Crippen LogP contribution in [0.15, 0.2) is 57.9 Å². The summed E-state index contributed by atoms with van der Waals surface area (Å²) in [7, 11) is -4.33. The number of rotatable bonds is 7. The van der Waals surface area contributed by atoms with Gasteiger partial charge in [0.25, 0.3) is 6.43 Å². The first kappa shape index (κ1) is 26.6. The Morgan fingerprint density at radius 2 is 1.84 bits per heavy atom. The predicted molar refractivity (Wildman–Crippen MR) is 113 cm³/mol. The van der Waals surface area contributed by atoms with Crippen molar-refractivity contribution in [3.05, 3.63) is 69.0 Å². The van der Waals surface area contributed by atoms with E-state index in [9.17, 15) is 27.1 Å². The maximum atomic E-state index is 13.3. The zero-order valence-corrected chi connectivity index (χ0v) is 21.6. The molecule has 164 valence electrons. The Morgan fingerprint density at radius 1 is 1.19 bits per heavy atom. The summed E-state index contributed by atoms with van der Waals surface area (Å²) in [5.74, 6) is -0.820. The molecule has 0 unspecified atom stereocenters. The molecule has 7 nitrogen and oxygen atoms in total. The van der Waals surface area contributed by atoms with E-state index in [1.807, 2.05) is 0 Å². The molecular weight excluding hydrogens is 519 g/mol. The summed E-state index contributed by atoms with van der Waals surface area (Å²) in [5.41, 5.74) is 0.723. The number of benzene rings is 2. The molecule has 2 aromatic carbocycles. The Hall–Kier alpha value is -1.63. The van der Waals surface area contributed by atoms with Crippen molar-refractivity contribution < 1.29 is 56.7 Å². The molecule has 1 N–H and O–H groups in total. The zero-order chi connectivity index (χ0) is 22.8. The predicted octanol–water partition coefficient (Wildman–Crippen LogP) is 1.73. The largest absolute Gasteiger partial charge is 1.00 e. The number of hydrogen-bond acceptors (Lipinski definition) is 5. The van der Waals surface area contributed by atoms with Crippen LogP contribution in [0.25, 0.3) is 21.7 Å². The Labute approximate surface area is 214 Å². The molecule has 0 saturated heterocycles. The molecule has 0 fully saturated rings. The Bertz CT molecular complexity index is 1220. The fourth-order valence-electron chi connectivity index (χ4n) is 2.85. The second kappa shape index (κ2) is 11.0. The molecule has 0 aliphatic carbocycles. The normalized spacial score (nSPS) is 11.3. The van der Waals surface area contributed by atoms with Gasteiger partial charge in [-0.1, -0.05) is 35.0 Å². The molecule has 32 heavy (non-hydrogen) atoms. The molecule has 1 amide bonds. The maximum Gasteiger partial charge on any atom is 1.00 e. The average Bonchev–Trinajstić information content (AvgIpc) is 3.19. The van der Waals surface area contributed by atoms with E-state index in [-0.39, 0.29) is 52.1 Å². The Balaban J connectivity index is 0.00000363. The fourth-order valence-corrected chi connectivity index (χ4v) is 4.30. The number of carbonyl (C=O) groups is 1. The van der Waals surface area contributed by atoms with Crippen LogP contribution in [0.3, 0.4) is 0 Å². The topological polar surface area (TPSA) is 103 Å². The van der Waals surface area contributed by atoms with Crippen molar-refractivity contribution in [1.29, 1.82) is 0 Å². The van der Waals surface area contributed by atoms with Gasteiger partial charge in [-0.3, -0.25) is 0 Å². The monoisotopic (exact) mass is 535 g/mol. The molecule has 0 aliphatic rings. The molecule has 12 heteroatoms. The van der Waals surface area contributed by atoms with Gasteiger partial charge in [0.2, 0.25) is 0 Å². The summed E-state index contributed by atoms with van der Waals surface area (Å²) in [6.45, 7) is 0.800. The molecule has 0 aliphatic heterocycles. The smallest absolute Gasteiger partial charge is 0.542 e. The van der Waals surface area contributed by atoms with Crippen LogP contribution in [0.2, 0.25) is 0 Å². The number of hydrogen-bond donors (Lipinski definition) is 1. The Morgan fingerprint density at radius 3 is 2.41 bits per heavy atom. The van der Waals surface area contributed by atoms with Crippen LogP contribution in [0.4, 0.5) is 8.78 Å². The minimum Gasteiger partial charge on any atom is -0.542 e. The summed E-state index contributed by atoms with van der Waals surface area (Å²) in [6.07, 6.45) is -2.90. The first-order valence-electron chi connectivity index (χ1n) is 9.05. The van der Waals surface area contributed by atoms with Gasteiger partial charge in [0.05, 0.1) is 28.8 Å². The van der Waals surface area contributed by atoms with Crippen LogP contribution < -0.4 is 29.6 Å². The van der Waals surface area contributed by atoms with Crippen molar-refractivity contribution in [3.63, 3.8) is 0 Å². The van der Waals surface area contributed by atoms with Gasteiger partial charge in [-0.25, -0.2) is 21.9 Å². The van der Waals surface area contributed by atoms with Crippen molar-refractivity contribution >= 4 is 31.9 Å². The third kappa shape index (κ3) is 5.83. The quantitative estimate of drug-likeness (QED) is 0.464. The summed E-state index contributed by atoms with van der Waals surface area (Å²) in [4.78, 5) is 11.1. The second-order valence-electron chi connectivity index (χ2n) is 6.44. The van der Waals surface area contributed by atoms with Crippen LogP contribution in [0.5, 0.6) is 0 Å². The van der Waals surface area contributed by atoms with Crippen molar-refractivity contribution in [3.8, 4) is 16.9 Å². The van der Waals surface area contributed by atoms with Gasteiger partial charge >= 0.3 is 29.6 Å². The summed E-state index contributed by atoms with van der Waals surface area (Å²) >= 11 is 3.32. The first-order chi connectivity index (χ1) is 14.7. The maximum absolute atomic E-state index is 13.3. The number of nitrogens with zero attached hydrogens (tertiary/aromatic N) is 3. The van der Waals surface area contributed by atoms with E-state index in [0.717, 1.165) is 10.5 Å². The van der Waals surface area contributed by atoms with Gasteiger partial charge in [-0.15, -0.1) is 0 Å². The van der Waals surface area contributed by atoms with Gasteiger partial charge in [-0.05, 0) is 48.4 Å². The zero-order valence-electron chi connectivity index (χ0n) is 17.2. The van der Waals surface area contributed by atoms with E-state index < -0.39 is 34.7 Å². The average molecular weight is 536 g/mol. The standard InChI is InChI=1S/C20H18BrF2N3O4S.Na/c1-2-19(28)25-31(29,30)18-8-7-15(9-13(18)11-27)26-17(10-16(24-26)20(22)23)12-3-5-14(21)6-4-12;/h3-10,20,27H,2,11H2,1H3,(H,25,28);/q;+1/p-1. The van der Waals surface area contributed by atoms with Crippen LogP contribution in [0.1, 0.15) is 31.0 Å². The van der Waals surface area contributed by atoms with Gasteiger partial charge in [-0.2, -0.15) is 5.10 Å². The minimum atomic E-state index is -4.33. The van der Waals surface area contributed by atoms with Crippen LogP contribution in [-0.2, 0) is 21.4 Å². The first-order valence-corrected chi connectivity index (χ1v) is 11.3. The number of alkyl halides is 2. The number of sulfonamides is 1. The molecule has 0 atom stereocenters. The van der Waals surface area contributed by atoms with Crippen molar-refractivity contribution in [1.82, 2.24) is 9.78 Å².